The number of aryl methyl sites for hydroxylation is 2. The highest BCUT2D eigenvalue weighted by molar-refractivity contribution is 5.86. The first-order valence-electron chi connectivity index (χ1n) is 7.67. The molecule has 1 amide bonds. The number of nitrogens with zero attached hydrogens (tertiary/aromatic N) is 2. The number of rotatable bonds is 6. The Morgan fingerprint density at radius 1 is 1.32 bits per heavy atom. The molecule has 0 radical (unpaired) electrons. The molecule has 1 aromatic heterocycles. The summed E-state index contributed by atoms with van der Waals surface area (Å²) in [6, 6.07) is 0. The third-order valence-corrected chi connectivity index (χ3v) is 4.23. The molecule has 7 heteroatoms. The molecule has 1 aliphatic carbocycles. The van der Waals surface area contributed by atoms with Crippen LogP contribution in [0.4, 0.5) is 0 Å². The number of hydrogen-bond acceptors (Lipinski definition) is 3. The van der Waals surface area contributed by atoms with Crippen LogP contribution in [-0.2, 0) is 11.3 Å². The maximum absolute atomic E-state index is 12.1. The fourth-order valence-electron chi connectivity index (χ4n) is 2.83. The highest BCUT2D eigenvalue weighted by Crippen LogP contribution is 2.25. The molecule has 0 unspecified atom stereocenters. The lowest BCUT2D eigenvalue weighted by molar-refractivity contribution is -0.127. The molecule has 3 N–H and O–H groups in total. The molecule has 0 atom stereocenters. The first kappa shape index (κ1) is 21.2. The number of halogens is 2. The van der Waals surface area contributed by atoms with Crippen molar-refractivity contribution in [3.8, 4) is 0 Å². The third kappa shape index (κ3) is 5.78. The van der Waals surface area contributed by atoms with Crippen molar-refractivity contribution in [2.45, 2.75) is 64.0 Å². The number of hydrogen-bond donors (Lipinski definition) is 2. The zero-order chi connectivity index (χ0) is 14.4. The summed E-state index contributed by atoms with van der Waals surface area (Å²) >= 11 is 0. The summed E-state index contributed by atoms with van der Waals surface area (Å²) < 4.78 is 2.13. The molecule has 1 fully saturated rings. The molecular formula is C15H28Cl2N4O. The molecule has 22 heavy (non-hydrogen) atoms. The molecule has 1 aliphatic rings. The van der Waals surface area contributed by atoms with E-state index in [0.29, 0.717) is 6.54 Å². The maximum Gasteiger partial charge on any atom is 0.240 e. The average Bonchev–Trinajstić information content (AvgIpc) is 2.84. The highest BCUT2D eigenvalue weighted by Gasteiger charge is 2.34. The molecule has 5 nitrogen and oxygen atoms in total. The van der Waals surface area contributed by atoms with Crippen molar-refractivity contribution in [2.24, 2.45) is 5.73 Å². The molecule has 0 aliphatic heterocycles. The van der Waals surface area contributed by atoms with Gasteiger partial charge in [0.25, 0.3) is 0 Å². The van der Waals surface area contributed by atoms with E-state index in [-0.39, 0.29) is 30.7 Å². The van der Waals surface area contributed by atoms with Crippen molar-refractivity contribution in [2.75, 3.05) is 6.54 Å². The largest absolute Gasteiger partial charge is 0.355 e. The van der Waals surface area contributed by atoms with E-state index in [0.717, 1.165) is 50.9 Å². The van der Waals surface area contributed by atoms with Gasteiger partial charge in [-0.2, -0.15) is 0 Å². The molecule has 0 saturated heterocycles. The van der Waals surface area contributed by atoms with E-state index in [1.807, 2.05) is 19.3 Å². The Hall–Kier alpha value is -0.780. The lowest BCUT2D eigenvalue weighted by Crippen LogP contribution is -2.55. The van der Waals surface area contributed by atoms with Gasteiger partial charge in [-0.05, 0) is 32.6 Å². The predicted molar refractivity (Wildman–Crippen MR) is 93.7 cm³/mol. The summed E-state index contributed by atoms with van der Waals surface area (Å²) in [5, 5.41) is 3.00. The third-order valence-electron chi connectivity index (χ3n) is 4.23. The van der Waals surface area contributed by atoms with Crippen LogP contribution in [-0.4, -0.2) is 27.5 Å². The fraction of sp³-hybridized carbons (Fsp3) is 0.733. The minimum atomic E-state index is -0.612. The SMILES string of the molecule is Cc1nccn1CCCCNC(=O)C1(N)CCCCC1.Cl.Cl. The minimum Gasteiger partial charge on any atom is -0.355 e. The molecule has 128 valence electrons. The Bertz CT molecular complexity index is 445. The van der Waals surface area contributed by atoms with E-state index in [2.05, 4.69) is 14.9 Å². The first-order chi connectivity index (χ1) is 9.62. The topological polar surface area (TPSA) is 72.9 Å². The van der Waals surface area contributed by atoms with Crippen LogP contribution in [0.3, 0.4) is 0 Å². The van der Waals surface area contributed by atoms with Gasteiger partial charge < -0.3 is 15.6 Å². The van der Waals surface area contributed by atoms with E-state index in [1.165, 1.54) is 6.42 Å². The van der Waals surface area contributed by atoms with Crippen molar-refractivity contribution in [1.29, 1.82) is 0 Å². The van der Waals surface area contributed by atoms with Crippen LogP contribution in [0.25, 0.3) is 0 Å². The van der Waals surface area contributed by atoms with Crippen LogP contribution in [0, 0.1) is 6.92 Å². The second-order valence-corrected chi connectivity index (χ2v) is 5.85. The summed E-state index contributed by atoms with van der Waals surface area (Å²) in [6.45, 7) is 3.67. The maximum atomic E-state index is 12.1. The zero-order valence-electron chi connectivity index (χ0n) is 13.2. The summed E-state index contributed by atoms with van der Waals surface area (Å²) in [4.78, 5) is 16.3. The Morgan fingerprint density at radius 2 is 2.00 bits per heavy atom. The predicted octanol–water partition coefficient (Wildman–Crippen LogP) is 2.59. The number of carbonyl (C=O) groups is 1. The van der Waals surface area contributed by atoms with Gasteiger partial charge in [-0.3, -0.25) is 4.79 Å². The molecule has 1 aromatic rings. The molecule has 2 rings (SSSR count). The van der Waals surface area contributed by atoms with Crippen LogP contribution >= 0.6 is 24.8 Å². The van der Waals surface area contributed by atoms with Gasteiger partial charge in [-0.1, -0.05) is 19.3 Å². The number of unbranched alkanes of at least 4 members (excludes halogenated alkanes) is 1. The number of carbonyl (C=O) groups excluding carboxylic acids is 1. The van der Waals surface area contributed by atoms with Gasteiger partial charge in [0, 0.05) is 25.5 Å². The average molecular weight is 351 g/mol. The fourth-order valence-corrected chi connectivity index (χ4v) is 2.83. The van der Waals surface area contributed by atoms with Crippen LogP contribution in [0.5, 0.6) is 0 Å². The number of imidazole rings is 1. The summed E-state index contributed by atoms with van der Waals surface area (Å²) in [5.74, 6) is 1.08. The van der Waals surface area contributed by atoms with Gasteiger partial charge in [0.1, 0.15) is 5.82 Å². The Balaban J connectivity index is 0.00000220. The van der Waals surface area contributed by atoms with Crippen LogP contribution < -0.4 is 11.1 Å². The number of amides is 1. The van der Waals surface area contributed by atoms with Gasteiger partial charge in [0.05, 0.1) is 5.54 Å². The smallest absolute Gasteiger partial charge is 0.240 e. The lowest BCUT2D eigenvalue weighted by Gasteiger charge is -2.31. The number of nitrogens with two attached hydrogens (primary N) is 1. The lowest BCUT2D eigenvalue weighted by atomic mass is 9.82. The van der Waals surface area contributed by atoms with E-state index in [9.17, 15) is 4.79 Å². The Morgan fingerprint density at radius 3 is 2.59 bits per heavy atom. The van der Waals surface area contributed by atoms with Crippen molar-refractivity contribution in [3.05, 3.63) is 18.2 Å². The monoisotopic (exact) mass is 350 g/mol. The highest BCUT2D eigenvalue weighted by atomic mass is 35.5. The summed E-state index contributed by atoms with van der Waals surface area (Å²) in [6.07, 6.45) is 10.8. The van der Waals surface area contributed by atoms with Crippen LogP contribution in [0.2, 0.25) is 0 Å². The summed E-state index contributed by atoms with van der Waals surface area (Å²) in [5.41, 5.74) is 5.58. The molecule has 0 spiro atoms. The Labute approximate surface area is 145 Å². The van der Waals surface area contributed by atoms with Crippen molar-refractivity contribution in [3.63, 3.8) is 0 Å². The van der Waals surface area contributed by atoms with E-state index >= 15 is 0 Å². The number of aromatic nitrogens is 2. The molecule has 1 saturated carbocycles. The first-order valence-corrected chi connectivity index (χ1v) is 7.67. The Kier molecular flexibility index (Phi) is 9.72. The van der Waals surface area contributed by atoms with Crippen LogP contribution in [0.1, 0.15) is 50.8 Å². The van der Waals surface area contributed by atoms with Gasteiger partial charge in [0.2, 0.25) is 5.91 Å². The number of nitrogens with one attached hydrogen (secondary N) is 1. The van der Waals surface area contributed by atoms with Crippen LogP contribution in [0.15, 0.2) is 12.4 Å². The van der Waals surface area contributed by atoms with Crippen molar-refractivity contribution in [1.82, 2.24) is 14.9 Å². The van der Waals surface area contributed by atoms with Gasteiger partial charge in [-0.15, -0.1) is 24.8 Å². The van der Waals surface area contributed by atoms with Gasteiger partial charge >= 0.3 is 0 Å². The molecule has 0 bridgehead atoms. The summed E-state index contributed by atoms with van der Waals surface area (Å²) in [7, 11) is 0. The van der Waals surface area contributed by atoms with Crippen molar-refractivity contribution < 1.29 is 4.79 Å². The standard InChI is InChI=1S/C15H26N4O.2ClH/c1-13-17-10-12-19(13)11-6-5-9-18-14(20)15(16)7-3-2-4-8-15;;/h10,12H,2-9,11,16H2,1H3,(H,18,20);2*1H. The molecule has 0 aromatic carbocycles. The van der Waals surface area contributed by atoms with Gasteiger partial charge in [0.15, 0.2) is 0 Å². The van der Waals surface area contributed by atoms with E-state index in [1.54, 1.807) is 0 Å². The molecular weight excluding hydrogens is 323 g/mol. The zero-order valence-corrected chi connectivity index (χ0v) is 14.8. The van der Waals surface area contributed by atoms with E-state index < -0.39 is 5.54 Å². The van der Waals surface area contributed by atoms with Crippen molar-refractivity contribution >= 4 is 30.7 Å². The van der Waals surface area contributed by atoms with Gasteiger partial charge in [-0.25, -0.2) is 4.98 Å². The van der Waals surface area contributed by atoms with E-state index in [4.69, 9.17) is 5.73 Å². The molecule has 1 heterocycles. The normalized spacial score (nSPS) is 16.3. The second-order valence-electron chi connectivity index (χ2n) is 5.85. The quantitative estimate of drug-likeness (QED) is 0.774. The second kappa shape index (κ2) is 10.1. The minimum absolute atomic E-state index is 0.